The van der Waals surface area contributed by atoms with Gasteiger partial charge in [0.2, 0.25) is 0 Å². The summed E-state index contributed by atoms with van der Waals surface area (Å²) in [6, 6.07) is 5.22. The number of hydrogen-bond acceptors (Lipinski definition) is 4. The number of ether oxygens (including phenoxy) is 3. The topological polar surface area (TPSA) is 60.0 Å². The molecule has 2 amide bonds. The summed E-state index contributed by atoms with van der Waals surface area (Å²) < 4.78 is 17.0. The average molecular weight is 395 g/mol. The lowest BCUT2D eigenvalue weighted by Crippen LogP contribution is -2.34. The first-order valence-electron chi connectivity index (χ1n) is 9.86. The third-order valence-corrected chi connectivity index (χ3v) is 6.01. The van der Waals surface area contributed by atoms with Gasteiger partial charge in [0.1, 0.15) is 12.4 Å². The first-order chi connectivity index (χ1) is 13.2. The Balaban J connectivity index is 1.36. The number of urea groups is 1. The van der Waals surface area contributed by atoms with Crippen molar-refractivity contribution in [1.82, 2.24) is 4.90 Å². The number of amides is 2. The van der Waals surface area contributed by atoms with Crippen molar-refractivity contribution in [2.24, 2.45) is 11.8 Å². The van der Waals surface area contributed by atoms with Crippen molar-refractivity contribution < 1.29 is 19.0 Å². The zero-order valence-electron chi connectivity index (χ0n) is 15.5. The Morgan fingerprint density at radius 2 is 2.19 bits per heavy atom. The summed E-state index contributed by atoms with van der Waals surface area (Å²) in [4.78, 5) is 14.6. The van der Waals surface area contributed by atoms with E-state index in [0.29, 0.717) is 34.9 Å². The molecule has 1 N–H and O–H groups in total. The third-order valence-electron chi connectivity index (χ3n) is 5.78. The first kappa shape index (κ1) is 18.8. The van der Waals surface area contributed by atoms with Gasteiger partial charge in [0.25, 0.3) is 0 Å². The van der Waals surface area contributed by atoms with Crippen LogP contribution in [0.2, 0.25) is 5.02 Å². The van der Waals surface area contributed by atoms with Gasteiger partial charge in [0.15, 0.2) is 0 Å². The fourth-order valence-electron chi connectivity index (χ4n) is 4.16. The minimum Gasteiger partial charge on any atom is -0.489 e. The number of carbonyl (C=O) groups excluding carboxylic acids is 1. The van der Waals surface area contributed by atoms with Crippen LogP contribution >= 0.6 is 11.6 Å². The SMILES string of the molecule is O=C(Nc1cc(Cl)ccc1OCC1CCCO1)N1CCC(C2CCOC2)C1. The van der Waals surface area contributed by atoms with Crippen LogP contribution in [-0.4, -0.2) is 56.6 Å². The maximum atomic E-state index is 12.8. The van der Waals surface area contributed by atoms with Crippen LogP contribution in [0.3, 0.4) is 0 Å². The van der Waals surface area contributed by atoms with Gasteiger partial charge in [-0.1, -0.05) is 11.6 Å². The molecule has 0 saturated carbocycles. The summed E-state index contributed by atoms with van der Waals surface area (Å²) >= 11 is 6.14. The second kappa shape index (κ2) is 8.67. The smallest absolute Gasteiger partial charge is 0.321 e. The van der Waals surface area contributed by atoms with E-state index in [1.165, 1.54) is 0 Å². The predicted octanol–water partition coefficient (Wildman–Crippen LogP) is 3.79. The number of hydrogen-bond donors (Lipinski definition) is 1. The molecule has 4 rings (SSSR count). The first-order valence-corrected chi connectivity index (χ1v) is 10.2. The molecular formula is C20H27ClN2O4. The Morgan fingerprint density at radius 3 is 2.96 bits per heavy atom. The highest BCUT2D eigenvalue weighted by Gasteiger charge is 2.34. The fourth-order valence-corrected chi connectivity index (χ4v) is 4.33. The number of rotatable bonds is 5. The molecule has 27 heavy (non-hydrogen) atoms. The van der Waals surface area contributed by atoms with Gasteiger partial charge in [0, 0.05) is 37.9 Å². The summed E-state index contributed by atoms with van der Waals surface area (Å²) in [7, 11) is 0. The van der Waals surface area contributed by atoms with Crippen molar-refractivity contribution in [3.05, 3.63) is 23.2 Å². The molecule has 0 spiro atoms. The lowest BCUT2D eigenvalue weighted by Gasteiger charge is -2.21. The summed E-state index contributed by atoms with van der Waals surface area (Å²) in [6.45, 7) is 4.52. The Bertz CT molecular complexity index is 659. The van der Waals surface area contributed by atoms with Gasteiger partial charge in [-0.15, -0.1) is 0 Å². The van der Waals surface area contributed by atoms with E-state index in [1.807, 2.05) is 4.90 Å². The van der Waals surface area contributed by atoms with E-state index in [1.54, 1.807) is 18.2 Å². The highest BCUT2D eigenvalue weighted by atomic mass is 35.5. The molecule has 3 heterocycles. The standard InChI is InChI=1S/C20H27ClN2O4/c21-16-3-4-19(27-13-17-2-1-8-26-17)18(10-16)22-20(24)23-7-5-14(11-23)15-6-9-25-12-15/h3-4,10,14-15,17H,1-2,5-9,11-13H2,(H,22,24). The second-order valence-corrected chi connectivity index (χ2v) is 8.07. The molecule has 3 atom stereocenters. The predicted molar refractivity (Wildman–Crippen MR) is 104 cm³/mol. The Labute approximate surface area is 165 Å². The molecule has 0 aliphatic carbocycles. The molecule has 3 aliphatic rings. The average Bonchev–Trinajstić information content (AvgIpc) is 3.42. The molecular weight excluding hydrogens is 368 g/mol. The van der Waals surface area contributed by atoms with Crippen molar-refractivity contribution in [1.29, 1.82) is 0 Å². The normalized spacial score (nSPS) is 27.9. The van der Waals surface area contributed by atoms with Crippen molar-refractivity contribution in [2.75, 3.05) is 44.8 Å². The summed E-state index contributed by atoms with van der Waals surface area (Å²) in [5.74, 6) is 1.75. The molecule has 0 radical (unpaired) electrons. The molecule has 1 aromatic carbocycles. The molecule has 3 unspecified atom stereocenters. The number of anilines is 1. The summed E-state index contributed by atoms with van der Waals surface area (Å²) in [5, 5.41) is 3.55. The Morgan fingerprint density at radius 1 is 1.26 bits per heavy atom. The number of likely N-dealkylation sites (tertiary alicyclic amines) is 1. The van der Waals surface area contributed by atoms with Crippen LogP contribution < -0.4 is 10.1 Å². The van der Waals surface area contributed by atoms with Gasteiger partial charge in [-0.3, -0.25) is 0 Å². The van der Waals surface area contributed by atoms with Crippen LogP contribution in [0.15, 0.2) is 18.2 Å². The summed E-state index contributed by atoms with van der Waals surface area (Å²) in [6.07, 6.45) is 4.35. The molecule has 7 heteroatoms. The molecule has 0 aromatic heterocycles. The molecule has 3 fully saturated rings. The molecule has 3 saturated heterocycles. The Hall–Kier alpha value is -1.50. The maximum Gasteiger partial charge on any atom is 0.321 e. The molecule has 3 aliphatic heterocycles. The third kappa shape index (κ3) is 4.68. The number of nitrogens with zero attached hydrogens (tertiary/aromatic N) is 1. The van der Waals surface area contributed by atoms with Gasteiger partial charge in [-0.05, 0) is 55.7 Å². The van der Waals surface area contributed by atoms with Crippen LogP contribution in [0.4, 0.5) is 10.5 Å². The number of halogens is 1. The van der Waals surface area contributed by atoms with Gasteiger partial charge in [0.05, 0.1) is 11.8 Å². The van der Waals surface area contributed by atoms with E-state index >= 15 is 0 Å². The van der Waals surface area contributed by atoms with E-state index in [2.05, 4.69) is 5.32 Å². The van der Waals surface area contributed by atoms with Crippen molar-refractivity contribution in [2.45, 2.75) is 31.8 Å². The van der Waals surface area contributed by atoms with Crippen molar-refractivity contribution in [3.8, 4) is 5.75 Å². The van der Waals surface area contributed by atoms with Gasteiger partial charge in [-0.25, -0.2) is 4.79 Å². The van der Waals surface area contributed by atoms with Crippen LogP contribution in [0, 0.1) is 11.8 Å². The van der Waals surface area contributed by atoms with Crippen LogP contribution in [0.5, 0.6) is 5.75 Å². The monoisotopic (exact) mass is 394 g/mol. The zero-order valence-corrected chi connectivity index (χ0v) is 16.2. The highest BCUT2D eigenvalue weighted by Crippen LogP contribution is 2.32. The molecule has 6 nitrogen and oxygen atoms in total. The largest absolute Gasteiger partial charge is 0.489 e. The quantitative estimate of drug-likeness (QED) is 0.825. The van der Waals surface area contributed by atoms with E-state index in [0.717, 1.165) is 58.6 Å². The van der Waals surface area contributed by atoms with Gasteiger partial charge < -0.3 is 24.4 Å². The molecule has 0 bridgehead atoms. The van der Waals surface area contributed by atoms with Crippen LogP contribution in [-0.2, 0) is 9.47 Å². The fraction of sp³-hybridized carbons (Fsp3) is 0.650. The van der Waals surface area contributed by atoms with Gasteiger partial charge in [-0.2, -0.15) is 0 Å². The number of nitrogens with one attached hydrogen (secondary N) is 1. The number of benzene rings is 1. The van der Waals surface area contributed by atoms with E-state index in [-0.39, 0.29) is 12.1 Å². The highest BCUT2D eigenvalue weighted by molar-refractivity contribution is 6.31. The van der Waals surface area contributed by atoms with Crippen LogP contribution in [0.25, 0.3) is 0 Å². The molecule has 148 valence electrons. The summed E-state index contributed by atoms with van der Waals surface area (Å²) in [5.41, 5.74) is 0.609. The van der Waals surface area contributed by atoms with E-state index in [9.17, 15) is 4.79 Å². The van der Waals surface area contributed by atoms with Crippen LogP contribution in [0.1, 0.15) is 25.7 Å². The van der Waals surface area contributed by atoms with Gasteiger partial charge >= 0.3 is 6.03 Å². The zero-order chi connectivity index (χ0) is 18.6. The lowest BCUT2D eigenvalue weighted by molar-refractivity contribution is 0.0682. The minimum absolute atomic E-state index is 0.0966. The van der Waals surface area contributed by atoms with E-state index in [4.69, 9.17) is 25.8 Å². The molecule has 1 aromatic rings. The van der Waals surface area contributed by atoms with Crippen molar-refractivity contribution >= 4 is 23.3 Å². The minimum atomic E-state index is -0.0966. The maximum absolute atomic E-state index is 12.8. The van der Waals surface area contributed by atoms with Crippen molar-refractivity contribution in [3.63, 3.8) is 0 Å². The number of carbonyl (C=O) groups is 1. The van der Waals surface area contributed by atoms with E-state index < -0.39 is 0 Å². The lowest BCUT2D eigenvalue weighted by atomic mass is 9.91. The second-order valence-electron chi connectivity index (χ2n) is 7.64. The Kier molecular flexibility index (Phi) is 6.05.